The van der Waals surface area contributed by atoms with Gasteiger partial charge in [0.05, 0.1) is 24.7 Å². The van der Waals surface area contributed by atoms with E-state index in [0.717, 1.165) is 25.7 Å². The molecule has 2 N–H and O–H groups in total. The lowest BCUT2D eigenvalue weighted by Gasteiger charge is -2.12. The Kier molecular flexibility index (Phi) is 7.66. The molecule has 0 spiro atoms. The number of nitrogens with zero attached hydrogens (tertiary/aromatic N) is 1. The lowest BCUT2D eigenvalue weighted by atomic mass is 10.0. The van der Waals surface area contributed by atoms with Crippen LogP contribution < -0.4 is 0 Å². The van der Waals surface area contributed by atoms with Crippen molar-refractivity contribution in [2.45, 2.75) is 57.7 Å². The second kappa shape index (κ2) is 8.03. The van der Waals surface area contributed by atoms with E-state index in [4.69, 9.17) is 5.26 Å². The van der Waals surface area contributed by atoms with Crippen molar-refractivity contribution in [2.75, 3.05) is 0 Å². The summed E-state index contributed by atoms with van der Waals surface area (Å²) in [7, 11) is 0. The summed E-state index contributed by atoms with van der Waals surface area (Å²) < 4.78 is 0. The van der Waals surface area contributed by atoms with Gasteiger partial charge in [0.2, 0.25) is 0 Å². The highest BCUT2D eigenvalue weighted by molar-refractivity contribution is 4.76. The lowest BCUT2D eigenvalue weighted by Crippen LogP contribution is -2.17. The normalized spacial score (nSPS) is 14.9. The smallest absolute Gasteiger partial charge is 0.0694 e. The Morgan fingerprint density at radius 3 is 2.46 bits per heavy atom. The van der Waals surface area contributed by atoms with Crippen LogP contribution in [0.4, 0.5) is 0 Å². The molecule has 0 radical (unpaired) electrons. The van der Waals surface area contributed by atoms with Crippen molar-refractivity contribution >= 4 is 0 Å². The van der Waals surface area contributed by atoms with Crippen LogP contribution in [-0.2, 0) is 0 Å². The largest absolute Gasteiger partial charge is 0.393 e. The number of aliphatic hydroxyl groups excluding tert-OH is 2. The number of aliphatic hydroxyl groups is 2. The van der Waals surface area contributed by atoms with Gasteiger partial charge in [0, 0.05) is 6.42 Å². The van der Waals surface area contributed by atoms with Gasteiger partial charge in [-0.15, -0.1) is 0 Å². The van der Waals surface area contributed by atoms with E-state index in [2.05, 4.69) is 6.92 Å². The monoisotopic (exact) mass is 185 g/mol. The summed E-state index contributed by atoms with van der Waals surface area (Å²) in [5.74, 6) is 0. The minimum atomic E-state index is -0.665. The van der Waals surface area contributed by atoms with Crippen LogP contribution in [0.1, 0.15) is 45.4 Å². The van der Waals surface area contributed by atoms with Gasteiger partial charge in [0.15, 0.2) is 0 Å². The van der Waals surface area contributed by atoms with Crippen LogP contribution in [0.3, 0.4) is 0 Å². The fraction of sp³-hybridized carbons (Fsp3) is 0.900. The molecular formula is C10H19NO2. The molecule has 0 aliphatic carbocycles. The van der Waals surface area contributed by atoms with E-state index >= 15 is 0 Å². The Balaban J connectivity index is 3.39. The van der Waals surface area contributed by atoms with Crippen molar-refractivity contribution in [1.82, 2.24) is 0 Å². The number of hydrogen-bond donors (Lipinski definition) is 2. The molecule has 3 heteroatoms. The van der Waals surface area contributed by atoms with Gasteiger partial charge < -0.3 is 10.2 Å². The van der Waals surface area contributed by atoms with Gasteiger partial charge in [-0.25, -0.2) is 0 Å². The Hall–Kier alpha value is -0.590. The lowest BCUT2D eigenvalue weighted by molar-refractivity contribution is 0.0766. The van der Waals surface area contributed by atoms with E-state index in [1.165, 1.54) is 0 Å². The van der Waals surface area contributed by atoms with Crippen LogP contribution in [0.5, 0.6) is 0 Å². The van der Waals surface area contributed by atoms with Gasteiger partial charge in [0.25, 0.3) is 0 Å². The van der Waals surface area contributed by atoms with Gasteiger partial charge >= 0.3 is 0 Å². The summed E-state index contributed by atoms with van der Waals surface area (Å²) in [6.45, 7) is 2.11. The third-order valence-corrected chi connectivity index (χ3v) is 2.01. The number of unbranched alkanes of at least 4 members (excludes halogenated alkanes) is 2. The Morgan fingerprint density at radius 1 is 1.23 bits per heavy atom. The molecule has 0 saturated carbocycles. The van der Waals surface area contributed by atoms with Gasteiger partial charge in [-0.1, -0.05) is 26.2 Å². The van der Waals surface area contributed by atoms with Crippen LogP contribution in [0.15, 0.2) is 0 Å². The second-order valence-electron chi connectivity index (χ2n) is 3.40. The van der Waals surface area contributed by atoms with E-state index in [-0.39, 0.29) is 6.42 Å². The highest BCUT2D eigenvalue weighted by atomic mass is 16.3. The molecule has 0 saturated heterocycles. The average Bonchev–Trinajstić information content (AvgIpc) is 2.05. The molecule has 2 atom stereocenters. The maximum absolute atomic E-state index is 9.40. The third-order valence-electron chi connectivity index (χ3n) is 2.01. The maximum Gasteiger partial charge on any atom is 0.0694 e. The first-order chi connectivity index (χ1) is 6.20. The quantitative estimate of drug-likeness (QED) is 0.592. The average molecular weight is 185 g/mol. The predicted octanol–water partition coefficient (Wildman–Crippen LogP) is 1.59. The zero-order chi connectivity index (χ0) is 10.1. The minimum Gasteiger partial charge on any atom is -0.393 e. The Morgan fingerprint density at radius 2 is 1.92 bits per heavy atom. The molecule has 0 aliphatic rings. The first-order valence-electron chi connectivity index (χ1n) is 4.93. The molecule has 0 heterocycles. The molecule has 0 fully saturated rings. The maximum atomic E-state index is 9.40. The molecule has 0 aromatic rings. The highest BCUT2D eigenvalue weighted by Crippen LogP contribution is 2.09. The van der Waals surface area contributed by atoms with Crippen molar-refractivity contribution in [3.8, 4) is 6.07 Å². The molecular weight excluding hydrogens is 166 g/mol. The predicted molar refractivity (Wildman–Crippen MR) is 51.0 cm³/mol. The molecule has 0 aliphatic heterocycles. The molecule has 3 nitrogen and oxygen atoms in total. The number of rotatable bonds is 7. The topological polar surface area (TPSA) is 64.2 Å². The Labute approximate surface area is 80.0 Å². The zero-order valence-electron chi connectivity index (χ0n) is 8.24. The van der Waals surface area contributed by atoms with Crippen molar-refractivity contribution in [3.05, 3.63) is 0 Å². The van der Waals surface area contributed by atoms with Crippen molar-refractivity contribution in [3.63, 3.8) is 0 Å². The van der Waals surface area contributed by atoms with Crippen molar-refractivity contribution in [1.29, 1.82) is 5.26 Å². The van der Waals surface area contributed by atoms with Crippen LogP contribution >= 0.6 is 0 Å². The van der Waals surface area contributed by atoms with Crippen LogP contribution in [0.25, 0.3) is 0 Å². The van der Waals surface area contributed by atoms with Gasteiger partial charge in [-0.3, -0.25) is 0 Å². The first kappa shape index (κ1) is 12.4. The second-order valence-corrected chi connectivity index (χ2v) is 3.40. The standard InChI is InChI=1S/C10H19NO2/c1-2-3-4-5-9(12)8-10(13)6-7-11/h9-10,12-13H,2-6,8H2,1H3/t9-,10+/m1/s1. The summed E-state index contributed by atoms with van der Waals surface area (Å²) in [4.78, 5) is 0. The summed E-state index contributed by atoms with van der Waals surface area (Å²) in [5, 5.41) is 26.9. The van der Waals surface area contributed by atoms with Crippen LogP contribution in [-0.4, -0.2) is 22.4 Å². The molecule has 0 rings (SSSR count). The van der Waals surface area contributed by atoms with Crippen LogP contribution in [0, 0.1) is 11.3 Å². The first-order valence-corrected chi connectivity index (χ1v) is 4.93. The van der Waals surface area contributed by atoms with Crippen molar-refractivity contribution < 1.29 is 10.2 Å². The number of hydrogen-bond acceptors (Lipinski definition) is 3. The van der Waals surface area contributed by atoms with E-state index < -0.39 is 12.2 Å². The Bertz CT molecular complexity index is 153. The molecule has 0 bridgehead atoms. The molecule has 0 unspecified atom stereocenters. The number of nitriles is 1. The van der Waals surface area contributed by atoms with E-state index in [0.29, 0.717) is 6.42 Å². The highest BCUT2D eigenvalue weighted by Gasteiger charge is 2.10. The molecule has 0 aromatic heterocycles. The molecule has 13 heavy (non-hydrogen) atoms. The minimum absolute atomic E-state index is 0.116. The SMILES string of the molecule is CCCCC[C@@H](O)C[C@@H](O)CC#N. The van der Waals surface area contributed by atoms with E-state index in [9.17, 15) is 10.2 Å². The summed E-state index contributed by atoms with van der Waals surface area (Å²) in [6.07, 6.45) is 3.31. The fourth-order valence-corrected chi connectivity index (χ4v) is 1.25. The fourth-order valence-electron chi connectivity index (χ4n) is 1.25. The van der Waals surface area contributed by atoms with Gasteiger partial charge in [-0.2, -0.15) is 5.26 Å². The van der Waals surface area contributed by atoms with E-state index in [1.807, 2.05) is 6.07 Å². The third kappa shape index (κ3) is 7.76. The van der Waals surface area contributed by atoms with E-state index in [1.54, 1.807) is 0 Å². The van der Waals surface area contributed by atoms with Gasteiger partial charge in [0.1, 0.15) is 0 Å². The molecule has 76 valence electrons. The summed E-state index contributed by atoms with van der Waals surface area (Å²) >= 11 is 0. The van der Waals surface area contributed by atoms with Gasteiger partial charge in [-0.05, 0) is 6.42 Å². The zero-order valence-corrected chi connectivity index (χ0v) is 8.24. The summed E-state index contributed by atoms with van der Waals surface area (Å²) in [6, 6.07) is 1.88. The molecule has 0 amide bonds. The summed E-state index contributed by atoms with van der Waals surface area (Å²) in [5.41, 5.74) is 0. The molecule has 0 aromatic carbocycles. The van der Waals surface area contributed by atoms with Crippen LogP contribution in [0.2, 0.25) is 0 Å². The van der Waals surface area contributed by atoms with Crippen molar-refractivity contribution in [2.24, 2.45) is 0 Å².